The Morgan fingerprint density at radius 1 is 0.821 bits per heavy atom. The molecule has 2 aliphatic heterocycles. The second-order valence-corrected chi connectivity index (χ2v) is 11.0. The van der Waals surface area contributed by atoms with Crippen LogP contribution in [0.1, 0.15) is 5.56 Å². The predicted octanol–water partition coefficient (Wildman–Crippen LogP) is 6.64. The van der Waals surface area contributed by atoms with Gasteiger partial charge in [0.1, 0.15) is 0 Å². The number of nitrogens with zero attached hydrogens (tertiary/aromatic N) is 4. The van der Waals surface area contributed by atoms with Crippen LogP contribution < -0.4 is 14.4 Å². The molecule has 0 aliphatic carbocycles. The van der Waals surface area contributed by atoms with E-state index >= 15 is 0 Å². The lowest BCUT2D eigenvalue weighted by atomic mass is 10.2. The lowest BCUT2D eigenvalue weighted by Gasteiger charge is -2.30. The van der Waals surface area contributed by atoms with Crippen molar-refractivity contribution in [2.45, 2.75) is 21.5 Å². The van der Waals surface area contributed by atoms with Gasteiger partial charge in [0.25, 0.3) is 0 Å². The molecule has 0 saturated heterocycles. The van der Waals surface area contributed by atoms with Crippen molar-refractivity contribution in [3.63, 3.8) is 0 Å². The maximum absolute atomic E-state index is 13.8. The lowest BCUT2D eigenvalue weighted by molar-refractivity contribution is -0.115. The molecule has 39 heavy (non-hydrogen) atoms. The van der Waals surface area contributed by atoms with Crippen LogP contribution in [-0.4, -0.2) is 33.2 Å². The molecule has 7 rings (SSSR count). The number of fused-ring (bicyclic) bond motifs is 3. The van der Waals surface area contributed by atoms with Crippen molar-refractivity contribution in [1.29, 1.82) is 0 Å². The zero-order valence-electron chi connectivity index (χ0n) is 20.7. The number of hydrogen-bond acceptors (Lipinski definition) is 7. The normalized spacial score (nSPS) is 13.2. The highest BCUT2D eigenvalue weighted by atomic mass is 32.2. The Hall–Kier alpha value is -4.21. The molecule has 0 bridgehead atoms. The average Bonchev–Trinajstić information content (AvgIpc) is 3.61. The Bertz CT molecular complexity index is 1640. The van der Waals surface area contributed by atoms with E-state index in [2.05, 4.69) is 26.9 Å². The highest BCUT2D eigenvalue weighted by Gasteiger charge is 2.28. The first-order valence-corrected chi connectivity index (χ1v) is 14.2. The van der Waals surface area contributed by atoms with Gasteiger partial charge in [-0.3, -0.25) is 14.3 Å². The molecule has 192 valence electrons. The first-order chi connectivity index (χ1) is 19.2. The van der Waals surface area contributed by atoms with Gasteiger partial charge in [0.15, 0.2) is 22.5 Å². The number of hydrogen-bond donors (Lipinski definition) is 0. The molecule has 9 heteroatoms. The first kappa shape index (κ1) is 23.9. The molecule has 1 amide bonds. The van der Waals surface area contributed by atoms with Gasteiger partial charge in [0.05, 0.1) is 23.7 Å². The molecule has 0 radical (unpaired) electrons. The Labute approximate surface area is 233 Å². The molecule has 2 aliphatic rings. The second-order valence-electron chi connectivity index (χ2n) is 9.00. The third-order valence-corrected chi connectivity index (χ3v) is 8.61. The largest absolute Gasteiger partial charge is 0.454 e. The molecule has 1 aromatic heterocycles. The van der Waals surface area contributed by atoms with Crippen LogP contribution in [0.3, 0.4) is 0 Å². The minimum atomic E-state index is -0.0147. The van der Waals surface area contributed by atoms with Gasteiger partial charge in [-0.05, 0) is 42.0 Å². The molecule has 0 fully saturated rings. The van der Waals surface area contributed by atoms with Crippen molar-refractivity contribution < 1.29 is 14.3 Å². The van der Waals surface area contributed by atoms with E-state index in [4.69, 9.17) is 9.47 Å². The number of rotatable bonds is 6. The third kappa shape index (κ3) is 4.53. The molecule has 0 saturated carbocycles. The van der Waals surface area contributed by atoms with Crippen molar-refractivity contribution >= 4 is 40.8 Å². The van der Waals surface area contributed by atoms with Crippen LogP contribution in [0.5, 0.6) is 11.5 Å². The van der Waals surface area contributed by atoms with Crippen LogP contribution in [0.25, 0.3) is 11.4 Å². The van der Waals surface area contributed by atoms with E-state index in [1.807, 2.05) is 89.8 Å². The van der Waals surface area contributed by atoms with Gasteiger partial charge in [0.2, 0.25) is 12.7 Å². The van der Waals surface area contributed by atoms with Crippen LogP contribution in [0, 0.1) is 0 Å². The van der Waals surface area contributed by atoms with Crippen LogP contribution in [0.4, 0.5) is 11.4 Å². The van der Waals surface area contributed by atoms with Gasteiger partial charge in [-0.25, -0.2) is 0 Å². The minimum absolute atomic E-state index is 0.0147. The number of carbonyl (C=O) groups is 1. The van der Waals surface area contributed by atoms with Crippen LogP contribution in [0.2, 0.25) is 0 Å². The Balaban J connectivity index is 1.20. The highest BCUT2D eigenvalue weighted by Crippen LogP contribution is 2.48. The van der Waals surface area contributed by atoms with E-state index in [0.29, 0.717) is 11.7 Å². The number of amides is 1. The first-order valence-electron chi connectivity index (χ1n) is 12.4. The van der Waals surface area contributed by atoms with E-state index in [1.165, 1.54) is 11.8 Å². The molecule has 0 unspecified atom stereocenters. The Morgan fingerprint density at radius 3 is 2.28 bits per heavy atom. The fraction of sp³-hybridized carbons (Fsp3) is 0.100. The quantitative estimate of drug-likeness (QED) is 0.219. The van der Waals surface area contributed by atoms with Crippen molar-refractivity contribution in [2.24, 2.45) is 0 Å². The summed E-state index contributed by atoms with van der Waals surface area (Å²) in [5.74, 6) is 2.41. The predicted molar refractivity (Wildman–Crippen MR) is 152 cm³/mol. The summed E-state index contributed by atoms with van der Waals surface area (Å²) in [7, 11) is 0. The summed E-state index contributed by atoms with van der Waals surface area (Å²) in [5, 5.41) is 9.71. The molecular weight excluding hydrogens is 528 g/mol. The van der Waals surface area contributed by atoms with Gasteiger partial charge < -0.3 is 9.47 Å². The van der Waals surface area contributed by atoms with Gasteiger partial charge in [-0.2, -0.15) is 0 Å². The van der Waals surface area contributed by atoms with Crippen LogP contribution >= 0.6 is 23.5 Å². The number of aromatic nitrogens is 3. The molecule has 0 N–H and O–H groups in total. The fourth-order valence-corrected chi connectivity index (χ4v) is 6.57. The van der Waals surface area contributed by atoms with E-state index in [0.717, 1.165) is 49.6 Å². The SMILES string of the molecule is O=C(CSc1nnc(-c2ccccc2)n1Cc1ccc2c(c1)OCO2)N1c2ccccc2Sc2ccccc21. The maximum atomic E-state index is 13.8. The Morgan fingerprint density at radius 2 is 1.51 bits per heavy atom. The summed E-state index contributed by atoms with van der Waals surface area (Å²) in [6.45, 7) is 0.752. The molecule has 3 heterocycles. The molecular formula is C30H22N4O3S2. The topological polar surface area (TPSA) is 69.5 Å². The van der Waals surface area contributed by atoms with Crippen molar-refractivity contribution in [3.8, 4) is 22.9 Å². The van der Waals surface area contributed by atoms with Crippen molar-refractivity contribution in [3.05, 3.63) is 103 Å². The number of para-hydroxylation sites is 2. The number of thioether (sulfide) groups is 1. The summed E-state index contributed by atoms with van der Waals surface area (Å²) >= 11 is 3.08. The van der Waals surface area contributed by atoms with E-state index < -0.39 is 0 Å². The summed E-state index contributed by atoms with van der Waals surface area (Å²) < 4.78 is 13.1. The van der Waals surface area contributed by atoms with Gasteiger partial charge >= 0.3 is 0 Å². The summed E-state index contributed by atoms with van der Waals surface area (Å²) in [5.41, 5.74) is 3.79. The summed E-state index contributed by atoms with van der Waals surface area (Å²) in [4.78, 5) is 17.7. The minimum Gasteiger partial charge on any atom is -0.454 e. The lowest BCUT2D eigenvalue weighted by Crippen LogP contribution is -2.30. The van der Waals surface area contributed by atoms with E-state index in [9.17, 15) is 4.79 Å². The Kier molecular flexibility index (Phi) is 6.22. The third-order valence-electron chi connectivity index (χ3n) is 6.53. The maximum Gasteiger partial charge on any atom is 0.242 e. The molecule has 7 nitrogen and oxygen atoms in total. The zero-order chi connectivity index (χ0) is 26.2. The second kappa shape index (κ2) is 10.2. The summed E-state index contributed by atoms with van der Waals surface area (Å²) in [6.07, 6.45) is 0. The molecule has 5 aromatic rings. The molecule has 4 aromatic carbocycles. The van der Waals surface area contributed by atoms with E-state index in [1.54, 1.807) is 11.8 Å². The number of anilines is 2. The highest BCUT2D eigenvalue weighted by molar-refractivity contribution is 8.00. The monoisotopic (exact) mass is 550 g/mol. The van der Waals surface area contributed by atoms with Gasteiger partial charge in [0, 0.05) is 15.4 Å². The number of benzene rings is 4. The van der Waals surface area contributed by atoms with Gasteiger partial charge in [-0.15, -0.1) is 10.2 Å². The average molecular weight is 551 g/mol. The fourth-order valence-electron chi connectivity index (χ4n) is 4.72. The van der Waals surface area contributed by atoms with Gasteiger partial charge in [-0.1, -0.05) is 84.2 Å². The van der Waals surface area contributed by atoms with Crippen molar-refractivity contribution in [2.75, 3.05) is 17.4 Å². The molecule has 0 atom stereocenters. The smallest absolute Gasteiger partial charge is 0.242 e. The number of ether oxygens (including phenoxy) is 2. The van der Waals surface area contributed by atoms with Crippen LogP contribution in [-0.2, 0) is 11.3 Å². The van der Waals surface area contributed by atoms with E-state index in [-0.39, 0.29) is 18.5 Å². The zero-order valence-corrected chi connectivity index (χ0v) is 22.3. The standard InChI is InChI=1S/C30H22N4O3S2/c35-28(34-22-10-4-6-12-26(22)39-27-13-7-5-11-23(27)34)18-38-30-32-31-29(21-8-2-1-3-9-21)33(30)17-20-14-15-24-25(16-20)37-19-36-24/h1-16H,17-19H2. The summed E-state index contributed by atoms with van der Waals surface area (Å²) in [6, 6.07) is 31.9. The van der Waals surface area contributed by atoms with Crippen molar-refractivity contribution in [1.82, 2.24) is 14.8 Å². The van der Waals surface area contributed by atoms with Crippen LogP contribution in [0.15, 0.2) is 112 Å². The number of carbonyl (C=O) groups excluding carboxylic acids is 1. The molecule has 0 spiro atoms.